The van der Waals surface area contributed by atoms with Crippen LogP contribution in [0, 0.1) is 28.9 Å². The van der Waals surface area contributed by atoms with E-state index in [0.29, 0.717) is 31.2 Å². The molecule has 52 heavy (non-hydrogen) atoms. The van der Waals surface area contributed by atoms with Crippen molar-refractivity contribution in [1.29, 1.82) is 5.26 Å². The number of hydrogen-bond donors (Lipinski definition) is 2. The van der Waals surface area contributed by atoms with Crippen LogP contribution in [-0.2, 0) is 4.79 Å². The Labute approximate surface area is 305 Å². The van der Waals surface area contributed by atoms with E-state index in [1.54, 1.807) is 4.90 Å². The number of carbonyl (C=O) groups excluding carboxylic acids is 1. The smallest absolute Gasteiger partial charge is 0.319 e. The summed E-state index contributed by atoms with van der Waals surface area (Å²) in [6.45, 7) is 1.84. The van der Waals surface area contributed by atoms with E-state index in [-0.39, 0.29) is 96.6 Å². The van der Waals surface area contributed by atoms with Crippen molar-refractivity contribution in [2.45, 2.75) is 68.0 Å². The molecule has 270 valence electrons. The summed E-state index contributed by atoms with van der Waals surface area (Å²) in [5.74, 6) is -0.472. The molecule has 16 heteroatoms. The molecule has 2 aromatic heterocycles. The third-order valence-electron chi connectivity index (χ3n) is 12.0. The zero-order valence-corrected chi connectivity index (χ0v) is 29.7. The molecule has 7 heterocycles. The number of carbonyl (C=O) groups is 1. The number of alkyl halides is 1. The molecule has 6 aliphatic rings. The first-order valence-corrected chi connectivity index (χ1v) is 18.9. The second kappa shape index (κ2) is 11.4. The molecular formula is C36H34ClF3N8O3S. The number of benzene rings is 2. The molecule has 11 nitrogen and oxygen atoms in total. The highest BCUT2D eigenvalue weighted by Gasteiger charge is 2.54. The number of halogens is 4. The van der Waals surface area contributed by atoms with Gasteiger partial charge in [0.15, 0.2) is 11.6 Å². The average molecular weight is 751 g/mol. The number of nitrogens with zero attached hydrogens (tertiary/aromatic N) is 6. The van der Waals surface area contributed by atoms with Gasteiger partial charge in [0.05, 0.1) is 38.8 Å². The predicted octanol–water partition coefficient (Wildman–Crippen LogP) is 5.01. The predicted molar refractivity (Wildman–Crippen MR) is 190 cm³/mol. The molecule has 0 spiro atoms. The van der Waals surface area contributed by atoms with Gasteiger partial charge in [0, 0.05) is 43.5 Å². The lowest BCUT2D eigenvalue weighted by Gasteiger charge is -2.31. The van der Waals surface area contributed by atoms with Gasteiger partial charge >= 0.3 is 6.01 Å². The van der Waals surface area contributed by atoms with E-state index in [0.717, 1.165) is 43.6 Å². The number of fused-ring (bicyclic) bond motifs is 3. The van der Waals surface area contributed by atoms with Crippen molar-refractivity contribution in [3.63, 3.8) is 0 Å². The van der Waals surface area contributed by atoms with Crippen molar-refractivity contribution in [2.75, 3.05) is 50.5 Å². The number of nitriles is 1. The van der Waals surface area contributed by atoms with Crippen molar-refractivity contribution in [3.05, 3.63) is 34.4 Å². The fraction of sp³-hybridized carbons (Fsp3) is 0.500. The maximum atomic E-state index is 17.3. The molecule has 0 radical (unpaired) electrons. The highest BCUT2D eigenvalue weighted by atomic mass is 35.5. The van der Waals surface area contributed by atoms with Crippen LogP contribution in [0.15, 0.2) is 12.1 Å². The van der Waals surface area contributed by atoms with Crippen molar-refractivity contribution in [1.82, 2.24) is 25.1 Å². The lowest BCUT2D eigenvalue weighted by atomic mass is 9.95. The number of nitrogen functional groups attached to an aromatic ring is 1. The molecule has 3 N–H and O–H groups in total. The van der Waals surface area contributed by atoms with E-state index in [9.17, 15) is 14.4 Å². The normalized spacial score (nSPS) is 29.3. The average Bonchev–Trinajstić information content (AvgIpc) is 3.98. The van der Waals surface area contributed by atoms with Gasteiger partial charge in [0.25, 0.3) is 0 Å². The van der Waals surface area contributed by atoms with E-state index in [1.165, 1.54) is 12.1 Å². The van der Waals surface area contributed by atoms with Crippen LogP contribution in [-0.4, -0.2) is 101 Å². The Morgan fingerprint density at radius 1 is 1.25 bits per heavy atom. The van der Waals surface area contributed by atoms with Gasteiger partial charge in [0.2, 0.25) is 5.91 Å². The number of likely N-dealkylation sites (N-methyl/N-ethyl adjacent to an activating group) is 1. The minimum Gasteiger partial charge on any atom is -0.484 e. The van der Waals surface area contributed by atoms with Gasteiger partial charge in [-0.15, -0.1) is 11.3 Å². The number of thiophene rings is 1. The number of anilines is 2. The summed E-state index contributed by atoms with van der Waals surface area (Å²) < 4.78 is 60.1. The first-order valence-electron chi connectivity index (χ1n) is 17.7. The van der Waals surface area contributed by atoms with Crippen LogP contribution in [0.1, 0.15) is 37.7 Å². The first kappa shape index (κ1) is 32.5. The molecule has 0 bridgehead atoms. The largest absolute Gasteiger partial charge is 0.484 e. The van der Waals surface area contributed by atoms with Crippen LogP contribution in [0.5, 0.6) is 11.8 Å². The fourth-order valence-electron chi connectivity index (χ4n) is 9.23. The molecule has 5 fully saturated rings. The SMILES string of the molecule is CN1c2nc(OC[C@@]34CCCN3C[C@H](F)C4)nc3c(F)c(-c4ccc(F)c5sc(N)c(C#N)c45)c(Cl)c(c23)OC2CN(C(=O)C3NC3C3CC3)CC21. The zero-order valence-electron chi connectivity index (χ0n) is 28.1. The number of ether oxygens (including phenoxy) is 2. The molecule has 2 aromatic carbocycles. The number of amides is 1. The van der Waals surface area contributed by atoms with Gasteiger partial charge in [-0.3, -0.25) is 15.0 Å². The second-order valence-electron chi connectivity index (χ2n) is 15.1. The quantitative estimate of drug-likeness (QED) is 0.258. The van der Waals surface area contributed by atoms with E-state index >= 15 is 8.78 Å². The second-order valence-corrected chi connectivity index (χ2v) is 16.5. The molecule has 10 rings (SSSR count). The van der Waals surface area contributed by atoms with Gasteiger partial charge in [0.1, 0.15) is 53.1 Å². The van der Waals surface area contributed by atoms with E-state index in [2.05, 4.69) is 15.2 Å². The van der Waals surface area contributed by atoms with Crippen molar-refractivity contribution in [2.24, 2.45) is 5.92 Å². The summed E-state index contributed by atoms with van der Waals surface area (Å²) in [4.78, 5) is 28.8. The molecular weight excluding hydrogens is 717 g/mol. The molecule has 4 unspecified atom stereocenters. The lowest BCUT2D eigenvalue weighted by molar-refractivity contribution is -0.130. The Bertz CT molecular complexity index is 2270. The van der Waals surface area contributed by atoms with E-state index in [1.807, 2.05) is 18.0 Å². The van der Waals surface area contributed by atoms with E-state index in [4.69, 9.17) is 31.8 Å². The van der Waals surface area contributed by atoms with Gasteiger partial charge in [-0.25, -0.2) is 13.2 Å². The van der Waals surface area contributed by atoms with Crippen LogP contribution in [0.4, 0.5) is 24.0 Å². The molecule has 1 amide bonds. The third kappa shape index (κ3) is 4.73. The topological polar surface area (TPSA) is 143 Å². The number of nitrogens with one attached hydrogen (secondary N) is 1. The zero-order chi connectivity index (χ0) is 35.8. The van der Waals surface area contributed by atoms with Crippen LogP contribution >= 0.6 is 22.9 Å². The van der Waals surface area contributed by atoms with Gasteiger partial charge in [-0.1, -0.05) is 17.7 Å². The highest BCUT2D eigenvalue weighted by molar-refractivity contribution is 7.23. The van der Waals surface area contributed by atoms with Crippen LogP contribution in [0.2, 0.25) is 5.02 Å². The van der Waals surface area contributed by atoms with Crippen LogP contribution in [0.3, 0.4) is 0 Å². The third-order valence-corrected chi connectivity index (χ3v) is 13.4. The summed E-state index contributed by atoms with van der Waals surface area (Å²) in [5.41, 5.74) is 5.51. The van der Waals surface area contributed by atoms with Crippen LogP contribution in [0.25, 0.3) is 32.1 Å². The lowest BCUT2D eigenvalue weighted by Crippen LogP contribution is -2.44. The van der Waals surface area contributed by atoms with E-state index < -0.39 is 29.4 Å². The molecule has 1 aliphatic carbocycles. The maximum Gasteiger partial charge on any atom is 0.319 e. The number of rotatable bonds is 6. The summed E-state index contributed by atoms with van der Waals surface area (Å²) in [6.07, 6.45) is 2.72. The Kier molecular flexibility index (Phi) is 7.17. The number of nitrogens with two attached hydrogens (primary N) is 1. The minimum absolute atomic E-state index is 0.00952. The van der Waals surface area contributed by atoms with Gasteiger partial charge < -0.3 is 25.0 Å². The highest BCUT2D eigenvalue weighted by Crippen LogP contribution is 2.52. The Hall–Kier alpha value is -4.10. The number of likely N-dealkylation sites (tertiary alicyclic amines) is 1. The number of aromatic nitrogens is 2. The maximum absolute atomic E-state index is 17.3. The van der Waals surface area contributed by atoms with Gasteiger partial charge in [-0.05, 0) is 49.8 Å². The summed E-state index contributed by atoms with van der Waals surface area (Å²) in [7, 11) is 1.82. The molecule has 4 saturated heterocycles. The Balaban J connectivity index is 1.12. The van der Waals surface area contributed by atoms with Crippen LogP contribution < -0.4 is 25.4 Å². The van der Waals surface area contributed by atoms with Crippen molar-refractivity contribution >= 4 is 60.7 Å². The summed E-state index contributed by atoms with van der Waals surface area (Å²) in [5, 5.41) is 13.7. The Morgan fingerprint density at radius 2 is 2.08 bits per heavy atom. The summed E-state index contributed by atoms with van der Waals surface area (Å²) in [6, 6.07) is 4.10. The first-order chi connectivity index (χ1) is 25.1. The molecule has 5 aliphatic heterocycles. The van der Waals surface area contributed by atoms with Crippen molar-refractivity contribution in [3.8, 4) is 29.0 Å². The van der Waals surface area contributed by atoms with Crippen molar-refractivity contribution < 1.29 is 27.4 Å². The van der Waals surface area contributed by atoms with Gasteiger partial charge in [-0.2, -0.15) is 15.2 Å². The minimum atomic E-state index is -0.966. The molecule has 1 saturated carbocycles. The monoisotopic (exact) mass is 750 g/mol. The molecule has 6 atom stereocenters. The summed E-state index contributed by atoms with van der Waals surface area (Å²) >= 11 is 8.06. The standard InChI is InChI=1S/C36H34ClF3N8O3S/c1-46-20-12-47(34(49)29-27(43-29)15-3-4-15)13-21(20)51-30-24-28(44-35(45-33(24)46)50-14-36-7-2-8-48(36)11-16(38)9-36)26(40)23(25(30)37)17-5-6-19(39)31-22(17)18(10-41)32(42)52-31/h5-6,15-16,20-21,27,29,43H,2-4,7-9,11-14,42H2,1H3/t16-,20?,21?,27?,29?,36+/m1/s1. The Morgan fingerprint density at radius 3 is 2.87 bits per heavy atom. The number of hydrogen-bond acceptors (Lipinski definition) is 11. The fourth-order valence-corrected chi connectivity index (χ4v) is 10.5. The molecule has 4 aromatic rings.